The predicted octanol–water partition coefficient (Wildman–Crippen LogP) is 2.52. The van der Waals surface area contributed by atoms with E-state index in [9.17, 15) is 5.11 Å². The summed E-state index contributed by atoms with van der Waals surface area (Å²) in [5.74, 6) is 0.787. The summed E-state index contributed by atoms with van der Waals surface area (Å²) in [4.78, 5) is 2.42. The molecule has 18 heavy (non-hydrogen) atoms. The molecule has 1 aliphatic rings. The van der Waals surface area contributed by atoms with Crippen LogP contribution < -0.4 is 4.74 Å². The van der Waals surface area contributed by atoms with Crippen molar-refractivity contribution in [3.8, 4) is 5.75 Å². The molecule has 0 amide bonds. The smallest absolute Gasteiger partial charge is 0.124 e. The average molecular weight is 249 g/mol. The fourth-order valence-corrected chi connectivity index (χ4v) is 2.58. The summed E-state index contributed by atoms with van der Waals surface area (Å²) in [5, 5.41) is 10.3. The van der Waals surface area contributed by atoms with E-state index in [0.29, 0.717) is 0 Å². The largest absolute Gasteiger partial charge is 0.496 e. The van der Waals surface area contributed by atoms with Crippen molar-refractivity contribution in [3.63, 3.8) is 0 Å². The number of benzene rings is 1. The van der Waals surface area contributed by atoms with Gasteiger partial charge in [0.1, 0.15) is 5.75 Å². The Morgan fingerprint density at radius 2 is 2.06 bits per heavy atom. The van der Waals surface area contributed by atoms with E-state index in [2.05, 4.69) is 4.90 Å². The molecule has 1 atom stereocenters. The highest BCUT2D eigenvalue weighted by molar-refractivity contribution is 5.38. The van der Waals surface area contributed by atoms with Crippen LogP contribution in [0.3, 0.4) is 0 Å². The Bertz CT molecular complexity index is 386. The zero-order chi connectivity index (χ0) is 13.0. The molecule has 0 radical (unpaired) electrons. The molecular formula is C15H23NO2. The number of aliphatic hydroxyl groups is 1. The number of ether oxygens (including phenoxy) is 1. The number of methoxy groups -OCH3 is 1. The normalized spacial score (nSPS) is 17.9. The van der Waals surface area contributed by atoms with Crippen LogP contribution in [0.1, 0.15) is 36.5 Å². The van der Waals surface area contributed by atoms with Crippen molar-refractivity contribution in [3.05, 3.63) is 29.3 Å². The number of likely N-dealkylation sites (tertiary alicyclic amines) is 1. The zero-order valence-corrected chi connectivity index (χ0v) is 11.4. The van der Waals surface area contributed by atoms with Gasteiger partial charge in [-0.25, -0.2) is 0 Å². The molecule has 1 aliphatic heterocycles. The van der Waals surface area contributed by atoms with Gasteiger partial charge in [-0.05, 0) is 51.4 Å². The van der Waals surface area contributed by atoms with Gasteiger partial charge in [-0.1, -0.05) is 11.6 Å². The van der Waals surface area contributed by atoms with Crippen molar-refractivity contribution in [1.82, 2.24) is 4.90 Å². The van der Waals surface area contributed by atoms with Gasteiger partial charge in [0.2, 0.25) is 0 Å². The van der Waals surface area contributed by atoms with Gasteiger partial charge >= 0.3 is 0 Å². The van der Waals surface area contributed by atoms with Crippen LogP contribution >= 0.6 is 0 Å². The second-order valence-corrected chi connectivity index (χ2v) is 5.10. The van der Waals surface area contributed by atoms with E-state index in [4.69, 9.17) is 4.74 Å². The monoisotopic (exact) mass is 249 g/mol. The van der Waals surface area contributed by atoms with Crippen LogP contribution in [-0.4, -0.2) is 36.8 Å². The first kappa shape index (κ1) is 13.4. The van der Waals surface area contributed by atoms with Gasteiger partial charge in [-0.3, -0.25) is 0 Å². The minimum Gasteiger partial charge on any atom is -0.496 e. The molecule has 2 rings (SSSR count). The lowest BCUT2D eigenvalue weighted by Crippen LogP contribution is -2.22. The molecule has 0 bridgehead atoms. The van der Waals surface area contributed by atoms with Crippen LogP contribution in [0.2, 0.25) is 0 Å². The Labute approximate surface area is 109 Å². The molecule has 1 aromatic carbocycles. The summed E-state index contributed by atoms with van der Waals surface area (Å²) >= 11 is 0. The SMILES string of the molecule is COc1ccc(C)cc1C(O)CCN1CCCC1. The molecular weight excluding hydrogens is 226 g/mol. The first-order chi connectivity index (χ1) is 8.70. The number of aryl methyl sites for hydroxylation is 1. The van der Waals surface area contributed by atoms with E-state index in [-0.39, 0.29) is 0 Å². The number of aliphatic hydroxyl groups excluding tert-OH is 1. The molecule has 1 N–H and O–H groups in total. The average Bonchev–Trinajstić information content (AvgIpc) is 2.89. The second kappa shape index (κ2) is 6.21. The first-order valence-corrected chi connectivity index (χ1v) is 6.75. The molecule has 0 aromatic heterocycles. The van der Waals surface area contributed by atoms with E-state index in [1.54, 1.807) is 7.11 Å². The van der Waals surface area contributed by atoms with Crippen LogP contribution in [0, 0.1) is 6.92 Å². The third-order valence-corrected chi connectivity index (χ3v) is 3.66. The van der Waals surface area contributed by atoms with Gasteiger partial charge in [0.25, 0.3) is 0 Å². The Hall–Kier alpha value is -1.06. The van der Waals surface area contributed by atoms with Gasteiger partial charge in [-0.15, -0.1) is 0 Å². The van der Waals surface area contributed by atoms with E-state index in [1.165, 1.54) is 25.9 Å². The Kier molecular flexibility index (Phi) is 4.61. The number of rotatable bonds is 5. The maximum Gasteiger partial charge on any atom is 0.124 e. The van der Waals surface area contributed by atoms with Crippen molar-refractivity contribution < 1.29 is 9.84 Å². The van der Waals surface area contributed by atoms with Crippen molar-refractivity contribution in [2.24, 2.45) is 0 Å². The molecule has 1 aromatic rings. The molecule has 100 valence electrons. The number of hydrogen-bond donors (Lipinski definition) is 1. The second-order valence-electron chi connectivity index (χ2n) is 5.10. The zero-order valence-electron chi connectivity index (χ0n) is 11.4. The molecule has 0 saturated carbocycles. The van der Waals surface area contributed by atoms with E-state index >= 15 is 0 Å². The highest BCUT2D eigenvalue weighted by Gasteiger charge is 2.17. The quantitative estimate of drug-likeness (QED) is 0.870. The molecule has 1 heterocycles. The maximum atomic E-state index is 10.3. The summed E-state index contributed by atoms with van der Waals surface area (Å²) in [6.45, 7) is 5.36. The highest BCUT2D eigenvalue weighted by Crippen LogP contribution is 2.28. The lowest BCUT2D eigenvalue weighted by atomic mass is 10.0. The van der Waals surface area contributed by atoms with Crippen molar-refractivity contribution >= 4 is 0 Å². The van der Waals surface area contributed by atoms with Crippen LogP contribution in [0.15, 0.2) is 18.2 Å². The predicted molar refractivity (Wildman–Crippen MR) is 73.0 cm³/mol. The van der Waals surface area contributed by atoms with Gasteiger partial charge < -0.3 is 14.7 Å². The third kappa shape index (κ3) is 3.24. The van der Waals surface area contributed by atoms with Crippen LogP contribution in [-0.2, 0) is 0 Å². The summed E-state index contributed by atoms with van der Waals surface area (Å²) in [7, 11) is 1.65. The maximum absolute atomic E-state index is 10.3. The molecule has 3 heteroatoms. The molecule has 0 aliphatic carbocycles. The Morgan fingerprint density at radius 3 is 2.72 bits per heavy atom. The van der Waals surface area contributed by atoms with Gasteiger partial charge in [-0.2, -0.15) is 0 Å². The van der Waals surface area contributed by atoms with E-state index in [0.717, 1.165) is 29.8 Å². The first-order valence-electron chi connectivity index (χ1n) is 6.75. The number of hydrogen-bond acceptors (Lipinski definition) is 3. The fourth-order valence-electron chi connectivity index (χ4n) is 2.58. The lowest BCUT2D eigenvalue weighted by molar-refractivity contribution is 0.145. The lowest BCUT2D eigenvalue weighted by Gasteiger charge is -2.19. The Morgan fingerprint density at radius 1 is 1.33 bits per heavy atom. The minimum absolute atomic E-state index is 0.430. The summed E-state index contributed by atoms with van der Waals surface area (Å²) in [6, 6.07) is 5.97. The van der Waals surface area contributed by atoms with Crippen LogP contribution in [0.25, 0.3) is 0 Å². The summed E-state index contributed by atoms with van der Waals surface area (Å²) in [5.41, 5.74) is 2.07. The molecule has 1 fully saturated rings. The van der Waals surface area contributed by atoms with E-state index < -0.39 is 6.10 Å². The third-order valence-electron chi connectivity index (χ3n) is 3.66. The highest BCUT2D eigenvalue weighted by atomic mass is 16.5. The van der Waals surface area contributed by atoms with Crippen LogP contribution in [0.5, 0.6) is 5.75 Å². The van der Waals surface area contributed by atoms with Crippen LogP contribution in [0.4, 0.5) is 0 Å². The van der Waals surface area contributed by atoms with Crippen molar-refractivity contribution in [2.75, 3.05) is 26.7 Å². The van der Waals surface area contributed by atoms with Gasteiger partial charge in [0.05, 0.1) is 13.2 Å². The summed E-state index contributed by atoms with van der Waals surface area (Å²) in [6.07, 6.45) is 2.94. The molecule has 0 spiro atoms. The van der Waals surface area contributed by atoms with Gasteiger partial charge in [0.15, 0.2) is 0 Å². The molecule has 1 unspecified atom stereocenters. The Balaban J connectivity index is 1.98. The van der Waals surface area contributed by atoms with Crippen molar-refractivity contribution in [1.29, 1.82) is 0 Å². The number of nitrogens with zero attached hydrogens (tertiary/aromatic N) is 1. The van der Waals surface area contributed by atoms with Crippen molar-refractivity contribution in [2.45, 2.75) is 32.3 Å². The fraction of sp³-hybridized carbons (Fsp3) is 0.600. The molecule has 1 saturated heterocycles. The molecule has 3 nitrogen and oxygen atoms in total. The standard InChI is InChI=1S/C15H23NO2/c1-12-5-6-15(18-2)13(11-12)14(17)7-10-16-8-3-4-9-16/h5-6,11,14,17H,3-4,7-10H2,1-2H3. The minimum atomic E-state index is -0.430. The van der Waals surface area contributed by atoms with E-state index in [1.807, 2.05) is 25.1 Å². The topological polar surface area (TPSA) is 32.7 Å². The van der Waals surface area contributed by atoms with Gasteiger partial charge in [0, 0.05) is 12.1 Å². The summed E-state index contributed by atoms with van der Waals surface area (Å²) < 4.78 is 5.32.